The number of primary amides is 1. The van der Waals surface area contributed by atoms with E-state index in [9.17, 15) is 4.79 Å². The number of pyridine rings is 1. The zero-order valence-electron chi connectivity index (χ0n) is 8.89. The van der Waals surface area contributed by atoms with Crippen molar-refractivity contribution in [3.63, 3.8) is 0 Å². The van der Waals surface area contributed by atoms with Crippen LogP contribution in [0.4, 0.5) is 5.82 Å². The van der Waals surface area contributed by atoms with Gasteiger partial charge in [-0.3, -0.25) is 9.78 Å². The van der Waals surface area contributed by atoms with Crippen LogP contribution in [0.3, 0.4) is 0 Å². The third kappa shape index (κ3) is 2.49. The number of hydrogen-bond acceptors (Lipinski definition) is 5. The molecule has 2 rings (SSSR count). The highest BCUT2D eigenvalue weighted by atomic mass is 79.9. The molecule has 0 atom stereocenters. The van der Waals surface area contributed by atoms with E-state index < -0.39 is 5.91 Å². The Kier molecular flexibility index (Phi) is 3.58. The van der Waals surface area contributed by atoms with Crippen LogP contribution in [0.25, 0.3) is 11.5 Å². The molecule has 6 nitrogen and oxygen atoms in total. The van der Waals surface area contributed by atoms with Crippen LogP contribution in [0.15, 0.2) is 27.4 Å². The van der Waals surface area contributed by atoms with Crippen LogP contribution in [-0.4, -0.2) is 20.9 Å². The van der Waals surface area contributed by atoms with E-state index in [1.54, 1.807) is 6.20 Å². The van der Waals surface area contributed by atoms with E-state index in [2.05, 4.69) is 46.8 Å². The molecular formula is C10H7Br2N5O. The van der Waals surface area contributed by atoms with Gasteiger partial charge in [0.15, 0.2) is 5.82 Å². The lowest BCUT2D eigenvalue weighted by molar-refractivity contribution is 0.100. The number of hydrogen-bond donors (Lipinski definition) is 2. The van der Waals surface area contributed by atoms with Gasteiger partial charge in [0.2, 0.25) is 0 Å². The molecule has 0 radical (unpaired) electrons. The third-order valence-corrected chi connectivity index (χ3v) is 3.14. The zero-order valence-corrected chi connectivity index (χ0v) is 12.1. The van der Waals surface area contributed by atoms with Crippen LogP contribution < -0.4 is 11.5 Å². The number of halogens is 2. The molecule has 2 aromatic heterocycles. The third-order valence-electron chi connectivity index (χ3n) is 2.10. The molecule has 0 aliphatic rings. The van der Waals surface area contributed by atoms with Gasteiger partial charge in [-0.1, -0.05) is 0 Å². The Hall–Kier alpha value is -1.54. The summed E-state index contributed by atoms with van der Waals surface area (Å²) in [6, 6.07) is 1.81. The average molecular weight is 373 g/mol. The van der Waals surface area contributed by atoms with E-state index in [-0.39, 0.29) is 11.4 Å². The Morgan fingerprint density at radius 2 is 1.94 bits per heavy atom. The summed E-state index contributed by atoms with van der Waals surface area (Å²) in [7, 11) is 0. The number of anilines is 1. The van der Waals surface area contributed by atoms with Gasteiger partial charge < -0.3 is 11.5 Å². The predicted molar refractivity (Wildman–Crippen MR) is 73.6 cm³/mol. The average Bonchev–Trinajstić information content (AvgIpc) is 2.28. The molecule has 18 heavy (non-hydrogen) atoms. The van der Waals surface area contributed by atoms with Crippen molar-refractivity contribution in [2.45, 2.75) is 0 Å². The summed E-state index contributed by atoms with van der Waals surface area (Å²) in [4.78, 5) is 23.2. The highest BCUT2D eigenvalue weighted by molar-refractivity contribution is 9.11. The monoisotopic (exact) mass is 371 g/mol. The van der Waals surface area contributed by atoms with Crippen LogP contribution in [-0.2, 0) is 0 Å². The molecule has 0 aliphatic carbocycles. The van der Waals surface area contributed by atoms with Gasteiger partial charge in [0.25, 0.3) is 5.91 Å². The van der Waals surface area contributed by atoms with Crippen LogP contribution in [0.1, 0.15) is 10.4 Å². The highest BCUT2D eigenvalue weighted by Gasteiger charge is 2.13. The van der Waals surface area contributed by atoms with Crippen molar-refractivity contribution in [1.29, 1.82) is 0 Å². The maximum absolute atomic E-state index is 11.0. The van der Waals surface area contributed by atoms with Crippen molar-refractivity contribution in [1.82, 2.24) is 15.0 Å². The Balaban J connectivity index is 2.52. The number of amides is 1. The highest BCUT2D eigenvalue weighted by Crippen LogP contribution is 2.26. The molecule has 0 saturated carbocycles. The Bertz CT molecular complexity index is 632. The number of nitrogen functional groups attached to an aromatic ring is 1. The lowest BCUT2D eigenvalue weighted by atomic mass is 10.3. The fourth-order valence-electron chi connectivity index (χ4n) is 1.28. The molecular weight excluding hydrogens is 366 g/mol. The Morgan fingerprint density at radius 1 is 1.22 bits per heavy atom. The van der Waals surface area contributed by atoms with E-state index in [0.29, 0.717) is 16.0 Å². The molecule has 0 bridgehead atoms. The van der Waals surface area contributed by atoms with Gasteiger partial charge in [0, 0.05) is 21.3 Å². The molecule has 0 aliphatic heterocycles. The first-order chi connectivity index (χ1) is 8.49. The van der Waals surface area contributed by atoms with Gasteiger partial charge in [-0.2, -0.15) is 0 Å². The minimum Gasteiger partial charge on any atom is -0.383 e. The summed E-state index contributed by atoms with van der Waals surface area (Å²) in [6.45, 7) is 0. The van der Waals surface area contributed by atoms with Gasteiger partial charge in [0.05, 0.1) is 5.56 Å². The van der Waals surface area contributed by atoms with Gasteiger partial charge in [0.1, 0.15) is 11.5 Å². The van der Waals surface area contributed by atoms with Gasteiger partial charge in [-0.05, 0) is 37.9 Å². The first-order valence-corrected chi connectivity index (χ1v) is 6.31. The fraction of sp³-hybridized carbons (Fsp3) is 0. The van der Waals surface area contributed by atoms with Gasteiger partial charge in [-0.15, -0.1) is 0 Å². The summed E-state index contributed by atoms with van der Waals surface area (Å²) >= 11 is 6.65. The molecule has 0 saturated heterocycles. The standard InChI is InChI=1S/C10H7Br2N5O/c11-4-1-6(12)7(15-2-4)10-16-3-5(9(14)18)8(13)17-10/h1-3H,(H2,14,18)(H2,13,16,17). The van der Waals surface area contributed by atoms with Crippen LogP contribution in [0.2, 0.25) is 0 Å². The molecule has 4 N–H and O–H groups in total. The number of nitrogens with two attached hydrogens (primary N) is 2. The lowest BCUT2D eigenvalue weighted by Crippen LogP contribution is -2.15. The van der Waals surface area contributed by atoms with E-state index in [1.165, 1.54) is 6.20 Å². The Morgan fingerprint density at radius 3 is 2.50 bits per heavy atom. The minimum absolute atomic E-state index is 0.0316. The molecule has 0 unspecified atom stereocenters. The number of nitrogens with zero attached hydrogens (tertiary/aromatic N) is 3. The van der Waals surface area contributed by atoms with E-state index >= 15 is 0 Å². The molecule has 1 amide bonds. The molecule has 0 aromatic carbocycles. The second-order valence-corrected chi connectivity index (χ2v) is 5.11. The normalized spacial score (nSPS) is 10.3. The maximum Gasteiger partial charge on any atom is 0.254 e. The molecule has 2 heterocycles. The first kappa shape index (κ1) is 12.9. The van der Waals surface area contributed by atoms with Crippen LogP contribution in [0.5, 0.6) is 0 Å². The molecule has 8 heteroatoms. The largest absolute Gasteiger partial charge is 0.383 e. The SMILES string of the molecule is NC(=O)c1cnc(-c2ncc(Br)cc2Br)nc1N. The summed E-state index contributed by atoms with van der Waals surface area (Å²) in [5.41, 5.74) is 11.4. The van der Waals surface area contributed by atoms with Gasteiger partial charge in [-0.25, -0.2) is 9.97 Å². The predicted octanol–water partition coefficient (Wildman–Crippen LogP) is 1.74. The Labute approximate surface area is 119 Å². The van der Waals surface area contributed by atoms with Crippen molar-refractivity contribution in [3.05, 3.63) is 33.0 Å². The smallest absolute Gasteiger partial charge is 0.254 e. The van der Waals surface area contributed by atoms with Crippen molar-refractivity contribution < 1.29 is 4.79 Å². The van der Waals surface area contributed by atoms with E-state index in [1.807, 2.05) is 6.07 Å². The fourth-order valence-corrected chi connectivity index (χ4v) is 2.44. The minimum atomic E-state index is -0.665. The summed E-state index contributed by atoms with van der Waals surface area (Å²) in [5.74, 6) is -0.317. The zero-order chi connectivity index (χ0) is 13.3. The molecule has 92 valence electrons. The number of carbonyl (C=O) groups is 1. The summed E-state index contributed by atoms with van der Waals surface area (Å²) < 4.78 is 1.53. The number of aromatic nitrogens is 3. The van der Waals surface area contributed by atoms with Crippen LogP contribution >= 0.6 is 31.9 Å². The topological polar surface area (TPSA) is 108 Å². The van der Waals surface area contributed by atoms with E-state index in [0.717, 1.165) is 4.47 Å². The first-order valence-electron chi connectivity index (χ1n) is 4.72. The number of rotatable bonds is 2. The second-order valence-electron chi connectivity index (χ2n) is 3.34. The van der Waals surface area contributed by atoms with E-state index in [4.69, 9.17) is 11.5 Å². The van der Waals surface area contributed by atoms with Crippen molar-refractivity contribution >= 4 is 43.6 Å². The molecule has 0 fully saturated rings. The second kappa shape index (κ2) is 4.99. The quantitative estimate of drug-likeness (QED) is 0.834. The number of carbonyl (C=O) groups excluding carboxylic acids is 1. The summed E-state index contributed by atoms with van der Waals surface area (Å²) in [5, 5.41) is 0. The summed E-state index contributed by atoms with van der Waals surface area (Å²) in [6.07, 6.45) is 2.90. The maximum atomic E-state index is 11.0. The van der Waals surface area contributed by atoms with Crippen molar-refractivity contribution in [3.8, 4) is 11.5 Å². The van der Waals surface area contributed by atoms with Crippen molar-refractivity contribution in [2.24, 2.45) is 5.73 Å². The molecule has 2 aromatic rings. The van der Waals surface area contributed by atoms with Crippen LogP contribution in [0, 0.1) is 0 Å². The van der Waals surface area contributed by atoms with Crippen molar-refractivity contribution in [2.75, 3.05) is 5.73 Å². The molecule has 0 spiro atoms. The lowest BCUT2D eigenvalue weighted by Gasteiger charge is -2.05. The van der Waals surface area contributed by atoms with Gasteiger partial charge >= 0.3 is 0 Å².